The lowest BCUT2D eigenvalue weighted by molar-refractivity contribution is 0.127. The van der Waals surface area contributed by atoms with E-state index in [2.05, 4.69) is 26.8 Å². The predicted octanol–water partition coefficient (Wildman–Crippen LogP) is 2.37. The second-order valence-corrected chi connectivity index (χ2v) is 5.44. The molecule has 1 aromatic carbocycles. The summed E-state index contributed by atoms with van der Waals surface area (Å²) in [5.74, 6) is 0.924. The van der Waals surface area contributed by atoms with Gasteiger partial charge in [0.15, 0.2) is 0 Å². The number of aliphatic hydroxyl groups is 1. The first-order chi connectivity index (χ1) is 7.88. The number of aliphatic hydroxyl groups excluding tert-OH is 1. The van der Waals surface area contributed by atoms with Gasteiger partial charge in [0.25, 0.3) is 0 Å². The third-order valence-electron chi connectivity index (χ3n) is 2.77. The molecule has 1 N–H and O–H groups in total. The van der Waals surface area contributed by atoms with E-state index in [1.165, 1.54) is 11.1 Å². The van der Waals surface area contributed by atoms with Crippen molar-refractivity contribution in [1.82, 2.24) is 4.90 Å². The van der Waals surface area contributed by atoms with Crippen molar-refractivity contribution in [1.29, 1.82) is 0 Å². The third kappa shape index (κ3) is 3.72. The smallest absolute Gasteiger partial charge is 0.122 e. The molecule has 17 heavy (non-hydrogen) atoms. The Bertz CT molecular complexity index is 369. The number of hydrogen-bond acceptors (Lipinski definition) is 3. The minimum atomic E-state index is 0.0547. The topological polar surface area (TPSA) is 32.7 Å². The van der Waals surface area contributed by atoms with Gasteiger partial charge in [-0.3, -0.25) is 4.90 Å². The van der Waals surface area contributed by atoms with E-state index in [-0.39, 0.29) is 12.1 Å². The minimum absolute atomic E-state index is 0.0547. The summed E-state index contributed by atoms with van der Waals surface area (Å²) >= 11 is 0. The maximum atomic E-state index is 9.03. The molecule has 0 amide bonds. The Morgan fingerprint density at radius 2 is 1.94 bits per heavy atom. The second-order valence-electron chi connectivity index (χ2n) is 5.44. The van der Waals surface area contributed by atoms with Crippen molar-refractivity contribution in [2.75, 3.05) is 20.9 Å². The van der Waals surface area contributed by atoms with Crippen LogP contribution in [0.5, 0.6) is 5.75 Å². The van der Waals surface area contributed by atoms with Crippen LogP contribution in [0.1, 0.15) is 31.9 Å². The van der Waals surface area contributed by atoms with Gasteiger partial charge in [0.2, 0.25) is 0 Å². The van der Waals surface area contributed by atoms with Crippen LogP contribution in [0.4, 0.5) is 0 Å². The highest BCUT2D eigenvalue weighted by Crippen LogP contribution is 2.32. The predicted molar refractivity (Wildman–Crippen MR) is 70.2 cm³/mol. The number of nitrogens with zero attached hydrogens (tertiary/aromatic N) is 1. The van der Waals surface area contributed by atoms with Crippen LogP contribution >= 0.6 is 0 Å². The summed E-state index contributed by atoms with van der Waals surface area (Å²) in [7, 11) is 3.59. The van der Waals surface area contributed by atoms with Crippen molar-refractivity contribution in [2.24, 2.45) is 0 Å². The molecule has 0 radical (unpaired) electrons. The van der Waals surface area contributed by atoms with Gasteiger partial charge in [-0.05, 0) is 29.7 Å². The molecule has 0 aliphatic carbocycles. The summed E-state index contributed by atoms with van der Waals surface area (Å²) in [6.45, 7) is 7.32. The fourth-order valence-electron chi connectivity index (χ4n) is 1.80. The van der Waals surface area contributed by atoms with Gasteiger partial charge in [0, 0.05) is 6.54 Å². The molecule has 96 valence electrons. The lowest BCUT2D eigenvalue weighted by Crippen LogP contribution is -2.19. The monoisotopic (exact) mass is 237 g/mol. The van der Waals surface area contributed by atoms with Crippen LogP contribution in [-0.2, 0) is 12.0 Å². The summed E-state index contributed by atoms with van der Waals surface area (Å²) in [5, 5.41) is 9.03. The van der Waals surface area contributed by atoms with Crippen LogP contribution < -0.4 is 4.74 Å². The quantitative estimate of drug-likeness (QED) is 0.816. The SMILES string of the molecule is COc1ccc(CN(C)CO)cc1C(C)(C)C. The molecule has 1 rings (SSSR count). The van der Waals surface area contributed by atoms with Gasteiger partial charge < -0.3 is 9.84 Å². The van der Waals surface area contributed by atoms with Crippen molar-refractivity contribution in [2.45, 2.75) is 32.7 Å². The first kappa shape index (κ1) is 14.0. The Hall–Kier alpha value is -1.06. The Kier molecular flexibility index (Phi) is 4.54. The number of rotatable bonds is 4. The van der Waals surface area contributed by atoms with E-state index in [1.807, 2.05) is 24.1 Å². The molecule has 0 spiro atoms. The first-order valence-electron chi connectivity index (χ1n) is 5.85. The summed E-state index contributed by atoms with van der Waals surface area (Å²) in [4.78, 5) is 1.86. The molecule has 0 aromatic heterocycles. The van der Waals surface area contributed by atoms with Crippen molar-refractivity contribution < 1.29 is 9.84 Å². The summed E-state index contributed by atoms with van der Waals surface area (Å²) in [6.07, 6.45) is 0. The Morgan fingerprint density at radius 1 is 1.29 bits per heavy atom. The van der Waals surface area contributed by atoms with E-state index in [1.54, 1.807) is 7.11 Å². The van der Waals surface area contributed by atoms with Gasteiger partial charge >= 0.3 is 0 Å². The standard InChI is InChI=1S/C14H23NO2/c1-14(2,3)12-8-11(9-15(4)10-16)6-7-13(12)17-5/h6-8,16H,9-10H2,1-5H3. The highest BCUT2D eigenvalue weighted by molar-refractivity contribution is 5.41. The normalized spacial score (nSPS) is 11.9. The second kappa shape index (κ2) is 5.52. The number of hydrogen-bond donors (Lipinski definition) is 1. The fraction of sp³-hybridized carbons (Fsp3) is 0.571. The van der Waals surface area contributed by atoms with Crippen LogP contribution in [0.3, 0.4) is 0 Å². The molecule has 0 bridgehead atoms. The Morgan fingerprint density at radius 3 is 2.41 bits per heavy atom. The van der Waals surface area contributed by atoms with Gasteiger partial charge in [-0.25, -0.2) is 0 Å². The molecule has 0 aliphatic heterocycles. The largest absolute Gasteiger partial charge is 0.496 e. The lowest BCUT2D eigenvalue weighted by atomic mass is 9.85. The van der Waals surface area contributed by atoms with E-state index < -0.39 is 0 Å². The zero-order valence-electron chi connectivity index (χ0n) is 11.4. The summed E-state index contributed by atoms with van der Waals surface area (Å²) < 4.78 is 5.40. The van der Waals surface area contributed by atoms with Crippen LogP contribution in [0.2, 0.25) is 0 Å². The number of methoxy groups -OCH3 is 1. The van der Waals surface area contributed by atoms with E-state index in [9.17, 15) is 0 Å². The minimum Gasteiger partial charge on any atom is -0.496 e. The van der Waals surface area contributed by atoms with Gasteiger partial charge in [-0.15, -0.1) is 0 Å². The maximum Gasteiger partial charge on any atom is 0.122 e. The third-order valence-corrected chi connectivity index (χ3v) is 2.77. The molecule has 0 atom stereocenters. The van der Waals surface area contributed by atoms with Crippen LogP contribution in [0.15, 0.2) is 18.2 Å². The van der Waals surface area contributed by atoms with Crippen molar-refractivity contribution in [3.63, 3.8) is 0 Å². The summed E-state index contributed by atoms with van der Waals surface area (Å²) in [5.41, 5.74) is 2.44. The Labute approximate surface area is 104 Å². The first-order valence-corrected chi connectivity index (χ1v) is 5.85. The highest BCUT2D eigenvalue weighted by atomic mass is 16.5. The molecule has 0 saturated carbocycles. The molecule has 0 heterocycles. The zero-order valence-corrected chi connectivity index (χ0v) is 11.4. The van der Waals surface area contributed by atoms with Gasteiger partial charge in [-0.1, -0.05) is 32.9 Å². The molecule has 0 unspecified atom stereocenters. The molecular weight excluding hydrogens is 214 g/mol. The molecule has 3 heteroatoms. The molecule has 0 saturated heterocycles. The lowest BCUT2D eigenvalue weighted by Gasteiger charge is -2.23. The van der Waals surface area contributed by atoms with Gasteiger partial charge in [-0.2, -0.15) is 0 Å². The van der Waals surface area contributed by atoms with Crippen molar-refractivity contribution >= 4 is 0 Å². The highest BCUT2D eigenvalue weighted by Gasteiger charge is 2.19. The van der Waals surface area contributed by atoms with Crippen LogP contribution in [-0.4, -0.2) is 30.9 Å². The van der Waals surface area contributed by atoms with E-state index >= 15 is 0 Å². The van der Waals surface area contributed by atoms with Crippen molar-refractivity contribution in [3.05, 3.63) is 29.3 Å². The number of benzene rings is 1. The molecular formula is C14H23NO2. The van der Waals surface area contributed by atoms with E-state index in [0.717, 1.165) is 12.3 Å². The molecule has 1 aromatic rings. The van der Waals surface area contributed by atoms with Gasteiger partial charge in [0.05, 0.1) is 13.8 Å². The molecule has 0 aliphatic rings. The molecule has 0 fully saturated rings. The van der Waals surface area contributed by atoms with Crippen LogP contribution in [0.25, 0.3) is 0 Å². The fourth-order valence-corrected chi connectivity index (χ4v) is 1.80. The van der Waals surface area contributed by atoms with E-state index in [4.69, 9.17) is 9.84 Å². The van der Waals surface area contributed by atoms with Crippen LogP contribution in [0, 0.1) is 0 Å². The van der Waals surface area contributed by atoms with Crippen molar-refractivity contribution in [3.8, 4) is 5.75 Å². The maximum absolute atomic E-state index is 9.03. The Balaban J connectivity index is 3.05. The number of ether oxygens (including phenoxy) is 1. The van der Waals surface area contributed by atoms with E-state index in [0.29, 0.717) is 0 Å². The summed E-state index contributed by atoms with van der Waals surface area (Å²) in [6, 6.07) is 6.20. The average Bonchev–Trinajstić information content (AvgIpc) is 2.27. The molecule has 3 nitrogen and oxygen atoms in total. The average molecular weight is 237 g/mol. The zero-order chi connectivity index (χ0) is 13.1. The van der Waals surface area contributed by atoms with Gasteiger partial charge in [0.1, 0.15) is 5.75 Å².